The topological polar surface area (TPSA) is 39.1 Å². The molecule has 0 bridgehead atoms. The van der Waals surface area contributed by atoms with Crippen LogP contribution in [-0.4, -0.2) is 36.6 Å². The molecule has 0 aromatic heterocycles. The molecule has 2 fully saturated rings. The first-order chi connectivity index (χ1) is 7.59. The van der Waals surface area contributed by atoms with E-state index in [2.05, 4.69) is 30.1 Å². The Bertz CT molecular complexity index is 265. The smallest absolute Gasteiger partial charge is 0.108 e. The second-order valence-electron chi connectivity index (χ2n) is 6.09. The van der Waals surface area contributed by atoms with Crippen LogP contribution in [0.15, 0.2) is 0 Å². The molecule has 1 saturated carbocycles. The summed E-state index contributed by atoms with van der Waals surface area (Å²) in [5.74, 6) is 0. The third-order valence-corrected chi connectivity index (χ3v) is 3.82. The molecule has 1 unspecified atom stereocenters. The van der Waals surface area contributed by atoms with E-state index in [9.17, 15) is 0 Å². The van der Waals surface area contributed by atoms with Crippen molar-refractivity contribution >= 4 is 0 Å². The summed E-state index contributed by atoms with van der Waals surface area (Å²) in [6, 6.07) is 3.05. The van der Waals surface area contributed by atoms with Crippen LogP contribution in [0.4, 0.5) is 0 Å². The molecule has 1 aliphatic carbocycles. The number of hydrogen-bond donors (Lipinski definition) is 1. The van der Waals surface area contributed by atoms with Crippen LogP contribution in [-0.2, 0) is 0 Å². The van der Waals surface area contributed by atoms with E-state index in [0.29, 0.717) is 11.5 Å². The van der Waals surface area contributed by atoms with Crippen molar-refractivity contribution in [3.8, 4) is 6.07 Å². The van der Waals surface area contributed by atoms with Crippen LogP contribution >= 0.6 is 0 Å². The molecule has 0 aromatic rings. The van der Waals surface area contributed by atoms with Gasteiger partial charge >= 0.3 is 0 Å². The molecule has 3 heteroatoms. The summed E-state index contributed by atoms with van der Waals surface area (Å²) in [7, 11) is 0. The first-order valence-electron chi connectivity index (χ1n) is 6.47. The normalized spacial score (nSPS) is 27.3. The predicted octanol–water partition coefficient (Wildman–Crippen LogP) is 1.75. The third-order valence-electron chi connectivity index (χ3n) is 3.82. The number of nitrogens with zero attached hydrogens (tertiary/aromatic N) is 2. The molecule has 0 amide bonds. The van der Waals surface area contributed by atoms with E-state index < -0.39 is 0 Å². The maximum atomic E-state index is 9.10. The van der Waals surface area contributed by atoms with E-state index in [-0.39, 0.29) is 6.04 Å². The Balaban J connectivity index is 1.74. The van der Waals surface area contributed by atoms with Crippen molar-refractivity contribution in [3.63, 3.8) is 0 Å². The Kier molecular flexibility index (Phi) is 3.51. The first kappa shape index (κ1) is 11.9. The van der Waals surface area contributed by atoms with Crippen molar-refractivity contribution in [3.05, 3.63) is 0 Å². The maximum absolute atomic E-state index is 9.10. The highest BCUT2D eigenvalue weighted by molar-refractivity contribution is 4.98. The van der Waals surface area contributed by atoms with E-state index in [1.165, 1.54) is 25.7 Å². The standard InChI is InChI=1S/C13H23N3/c1-13(2)5-7-16(8-6-13)10-12(9-14)15-11-3-4-11/h11-12,15H,3-8,10H2,1-2H3. The summed E-state index contributed by atoms with van der Waals surface area (Å²) < 4.78 is 0. The Morgan fingerprint density at radius 2 is 2.00 bits per heavy atom. The molecule has 3 nitrogen and oxygen atoms in total. The molecule has 0 spiro atoms. The first-order valence-corrected chi connectivity index (χ1v) is 6.47. The fraction of sp³-hybridized carbons (Fsp3) is 0.923. The zero-order valence-electron chi connectivity index (χ0n) is 10.5. The molecule has 1 N–H and O–H groups in total. The monoisotopic (exact) mass is 221 g/mol. The average molecular weight is 221 g/mol. The molecule has 0 aromatic carbocycles. The van der Waals surface area contributed by atoms with Crippen LogP contribution in [0.1, 0.15) is 39.5 Å². The van der Waals surface area contributed by atoms with Gasteiger partial charge in [0.05, 0.1) is 6.07 Å². The number of hydrogen-bond acceptors (Lipinski definition) is 3. The molecule has 1 saturated heterocycles. The minimum atomic E-state index is 0.0358. The molecular formula is C13H23N3. The highest BCUT2D eigenvalue weighted by Gasteiger charge is 2.29. The number of nitrogens with one attached hydrogen (secondary N) is 1. The highest BCUT2D eigenvalue weighted by atomic mass is 15.2. The molecule has 90 valence electrons. The van der Waals surface area contributed by atoms with Crippen LogP contribution in [0.25, 0.3) is 0 Å². The fourth-order valence-electron chi connectivity index (χ4n) is 2.26. The number of likely N-dealkylation sites (tertiary alicyclic amines) is 1. The van der Waals surface area contributed by atoms with Crippen LogP contribution in [0.5, 0.6) is 0 Å². The van der Waals surface area contributed by atoms with Gasteiger partial charge in [0.15, 0.2) is 0 Å². The SMILES string of the molecule is CC1(C)CCN(CC(C#N)NC2CC2)CC1. The summed E-state index contributed by atoms with van der Waals surface area (Å²) in [6.07, 6.45) is 5.03. The molecule has 16 heavy (non-hydrogen) atoms. The second kappa shape index (κ2) is 4.73. The van der Waals surface area contributed by atoms with E-state index in [0.717, 1.165) is 19.6 Å². The van der Waals surface area contributed by atoms with Gasteiger partial charge in [0.25, 0.3) is 0 Å². The van der Waals surface area contributed by atoms with Gasteiger partial charge in [-0.15, -0.1) is 0 Å². The Labute approximate surface area is 98.8 Å². The quantitative estimate of drug-likeness (QED) is 0.786. The van der Waals surface area contributed by atoms with E-state index in [4.69, 9.17) is 5.26 Å². The van der Waals surface area contributed by atoms with Crippen LogP contribution in [0.2, 0.25) is 0 Å². The molecule has 2 aliphatic rings. The van der Waals surface area contributed by atoms with E-state index in [1.54, 1.807) is 0 Å². The van der Waals surface area contributed by atoms with Gasteiger partial charge in [-0.1, -0.05) is 13.8 Å². The second-order valence-corrected chi connectivity index (χ2v) is 6.09. The van der Waals surface area contributed by atoms with Crippen molar-refractivity contribution in [2.45, 2.75) is 51.6 Å². The van der Waals surface area contributed by atoms with Crippen LogP contribution in [0.3, 0.4) is 0 Å². The minimum absolute atomic E-state index is 0.0358. The maximum Gasteiger partial charge on any atom is 0.108 e. The number of rotatable bonds is 4. The summed E-state index contributed by atoms with van der Waals surface area (Å²) in [5.41, 5.74) is 0.503. The molecule has 1 heterocycles. The summed E-state index contributed by atoms with van der Waals surface area (Å²) in [5, 5.41) is 12.5. The lowest BCUT2D eigenvalue weighted by molar-refractivity contribution is 0.127. The number of nitriles is 1. The van der Waals surface area contributed by atoms with Gasteiger partial charge in [-0.3, -0.25) is 5.32 Å². The molecule has 2 rings (SSSR count). The van der Waals surface area contributed by atoms with Crippen molar-refractivity contribution < 1.29 is 0 Å². The lowest BCUT2D eigenvalue weighted by Gasteiger charge is -2.37. The molecule has 1 aliphatic heterocycles. The van der Waals surface area contributed by atoms with Crippen LogP contribution in [0, 0.1) is 16.7 Å². The average Bonchev–Trinajstić information content (AvgIpc) is 3.04. The van der Waals surface area contributed by atoms with Gasteiger partial charge in [0.1, 0.15) is 6.04 Å². The van der Waals surface area contributed by atoms with Crippen molar-refractivity contribution in [1.29, 1.82) is 5.26 Å². The largest absolute Gasteiger partial charge is 0.301 e. The lowest BCUT2D eigenvalue weighted by atomic mass is 9.82. The summed E-state index contributed by atoms with van der Waals surface area (Å²) >= 11 is 0. The van der Waals surface area contributed by atoms with Crippen LogP contribution < -0.4 is 5.32 Å². The van der Waals surface area contributed by atoms with Gasteiger partial charge in [0, 0.05) is 12.6 Å². The Morgan fingerprint density at radius 1 is 1.38 bits per heavy atom. The molecule has 1 atom stereocenters. The lowest BCUT2D eigenvalue weighted by Crippen LogP contribution is -2.45. The zero-order valence-corrected chi connectivity index (χ0v) is 10.5. The number of piperidine rings is 1. The van der Waals surface area contributed by atoms with Crippen molar-refractivity contribution in [2.24, 2.45) is 5.41 Å². The Morgan fingerprint density at radius 3 is 2.50 bits per heavy atom. The zero-order chi connectivity index (χ0) is 11.6. The van der Waals surface area contributed by atoms with Gasteiger partial charge in [-0.05, 0) is 44.2 Å². The summed E-state index contributed by atoms with van der Waals surface area (Å²) in [4.78, 5) is 2.44. The van der Waals surface area contributed by atoms with E-state index in [1.807, 2.05) is 0 Å². The predicted molar refractivity (Wildman–Crippen MR) is 65.0 cm³/mol. The third kappa shape index (κ3) is 3.47. The van der Waals surface area contributed by atoms with E-state index >= 15 is 0 Å². The molecule has 0 radical (unpaired) electrons. The van der Waals surface area contributed by atoms with Crippen molar-refractivity contribution in [1.82, 2.24) is 10.2 Å². The van der Waals surface area contributed by atoms with Gasteiger partial charge in [-0.2, -0.15) is 5.26 Å². The van der Waals surface area contributed by atoms with Gasteiger partial charge in [-0.25, -0.2) is 0 Å². The highest BCUT2D eigenvalue weighted by Crippen LogP contribution is 2.29. The minimum Gasteiger partial charge on any atom is -0.301 e. The molecular weight excluding hydrogens is 198 g/mol. The van der Waals surface area contributed by atoms with Gasteiger partial charge < -0.3 is 4.90 Å². The van der Waals surface area contributed by atoms with Gasteiger partial charge in [0.2, 0.25) is 0 Å². The Hall–Kier alpha value is -0.590. The fourth-order valence-corrected chi connectivity index (χ4v) is 2.26. The summed E-state index contributed by atoms with van der Waals surface area (Å²) in [6.45, 7) is 7.89. The van der Waals surface area contributed by atoms with Crippen molar-refractivity contribution in [2.75, 3.05) is 19.6 Å².